The summed E-state index contributed by atoms with van der Waals surface area (Å²) in [5, 5.41) is 2.73. The Kier molecular flexibility index (Phi) is 4.90. The fraction of sp³-hybridized carbons (Fsp3) is 0. The first kappa shape index (κ1) is 17.1. The lowest BCUT2D eigenvalue weighted by Gasteiger charge is -2.10. The fourth-order valence-electron chi connectivity index (χ4n) is 2.54. The third-order valence-electron chi connectivity index (χ3n) is 3.88. The second kappa shape index (κ2) is 7.44. The molecular formula is C21H16N2O3. The van der Waals surface area contributed by atoms with Crippen molar-refractivity contribution in [1.82, 2.24) is 0 Å². The van der Waals surface area contributed by atoms with Gasteiger partial charge in [-0.3, -0.25) is 14.4 Å². The standard InChI is InChI=1S/C21H16N2O3/c22-20(25)15-10-12-16(13-11-15)23-21(26)18-9-5-4-8-17(18)19(24)14-6-2-1-3-7-14/h1-13H,(H2,22,25)(H,23,26). The van der Waals surface area contributed by atoms with Crippen molar-refractivity contribution in [3.63, 3.8) is 0 Å². The third-order valence-corrected chi connectivity index (χ3v) is 3.88. The molecule has 128 valence electrons. The summed E-state index contributed by atoms with van der Waals surface area (Å²) in [5.74, 6) is -1.17. The summed E-state index contributed by atoms with van der Waals surface area (Å²) in [6.45, 7) is 0. The van der Waals surface area contributed by atoms with E-state index in [-0.39, 0.29) is 11.3 Å². The predicted molar refractivity (Wildman–Crippen MR) is 99.2 cm³/mol. The summed E-state index contributed by atoms with van der Waals surface area (Å²) in [5.41, 5.74) is 7.17. The monoisotopic (exact) mass is 344 g/mol. The minimum absolute atomic E-state index is 0.222. The smallest absolute Gasteiger partial charge is 0.256 e. The van der Waals surface area contributed by atoms with E-state index < -0.39 is 11.8 Å². The number of carbonyl (C=O) groups excluding carboxylic acids is 3. The molecule has 3 aromatic carbocycles. The highest BCUT2D eigenvalue weighted by Crippen LogP contribution is 2.17. The van der Waals surface area contributed by atoms with Crippen LogP contribution in [-0.4, -0.2) is 17.6 Å². The molecule has 0 unspecified atom stereocenters. The van der Waals surface area contributed by atoms with Crippen LogP contribution in [0, 0.1) is 0 Å². The van der Waals surface area contributed by atoms with E-state index in [1.165, 1.54) is 12.1 Å². The van der Waals surface area contributed by atoms with E-state index in [1.807, 2.05) is 6.07 Å². The van der Waals surface area contributed by atoms with E-state index in [2.05, 4.69) is 5.32 Å². The maximum absolute atomic E-state index is 12.7. The Balaban J connectivity index is 1.86. The highest BCUT2D eigenvalue weighted by Gasteiger charge is 2.18. The lowest BCUT2D eigenvalue weighted by molar-refractivity contribution is 0.0996. The summed E-state index contributed by atoms with van der Waals surface area (Å²) in [4.78, 5) is 36.5. The average Bonchev–Trinajstić information content (AvgIpc) is 2.68. The molecule has 0 spiro atoms. The fourth-order valence-corrected chi connectivity index (χ4v) is 2.54. The SMILES string of the molecule is NC(=O)c1ccc(NC(=O)c2ccccc2C(=O)c2ccccc2)cc1. The molecule has 0 bridgehead atoms. The van der Waals surface area contributed by atoms with Gasteiger partial charge in [-0.1, -0.05) is 48.5 Å². The Hall–Kier alpha value is -3.73. The molecular weight excluding hydrogens is 328 g/mol. The lowest BCUT2D eigenvalue weighted by Crippen LogP contribution is -2.17. The first-order valence-corrected chi connectivity index (χ1v) is 7.96. The van der Waals surface area contributed by atoms with Gasteiger partial charge in [0.15, 0.2) is 5.78 Å². The zero-order valence-corrected chi connectivity index (χ0v) is 13.8. The minimum Gasteiger partial charge on any atom is -0.366 e. The highest BCUT2D eigenvalue weighted by atomic mass is 16.2. The summed E-state index contributed by atoms with van der Waals surface area (Å²) in [6.07, 6.45) is 0. The van der Waals surface area contributed by atoms with Crippen LogP contribution in [0.2, 0.25) is 0 Å². The van der Waals surface area contributed by atoms with E-state index in [0.29, 0.717) is 22.4 Å². The molecule has 3 N–H and O–H groups in total. The second-order valence-corrected chi connectivity index (χ2v) is 5.64. The second-order valence-electron chi connectivity index (χ2n) is 5.64. The number of nitrogens with one attached hydrogen (secondary N) is 1. The number of amides is 2. The van der Waals surface area contributed by atoms with E-state index >= 15 is 0 Å². The van der Waals surface area contributed by atoms with E-state index in [4.69, 9.17) is 5.73 Å². The maximum atomic E-state index is 12.7. The number of anilines is 1. The molecule has 0 aromatic heterocycles. The summed E-state index contributed by atoms with van der Waals surface area (Å²) in [6, 6.07) is 21.7. The molecule has 0 atom stereocenters. The van der Waals surface area contributed by atoms with Gasteiger partial charge in [0.2, 0.25) is 5.91 Å². The van der Waals surface area contributed by atoms with Gasteiger partial charge in [0.25, 0.3) is 5.91 Å². The molecule has 0 aliphatic heterocycles. The lowest BCUT2D eigenvalue weighted by atomic mass is 9.98. The molecule has 5 nitrogen and oxygen atoms in total. The molecule has 5 heteroatoms. The van der Waals surface area contributed by atoms with Gasteiger partial charge in [-0.25, -0.2) is 0 Å². The number of rotatable bonds is 5. The first-order chi connectivity index (χ1) is 12.6. The van der Waals surface area contributed by atoms with Crippen LogP contribution in [-0.2, 0) is 0 Å². The van der Waals surface area contributed by atoms with Gasteiger partial charge in [-0.2, -0.15) is 0 Å². The van der Waals surface area contributed by atoms with Crippen LogP contribution in [0.15, 0.2) is 78.9 Å². The molecule has 0 heterocycles. The van der Waals surface area contributed by atoms with Crippen molar-refractivity contribution in [1.29, 1.82) is 0 Å². The van der Waals surface area contributed by atoms with Crippen molar-refractivity contribution in [3.8, 4) is 0 Å². The summed E-state index contributed by atoms with van der Waals surface area (Å²) in [7, 11) is 0. The molecule has 26 heavy (non-hydrogen) atoms. The van der Waals surface area contributed by atoms with Gasteiger partial charge in [0.05, 0.1) is 5.56 Å². The highest BCUT2D eigenvalue weighted by molar-refractivity contribution is 6.17. The molecule has 0 saturated heterocycles. The van der Waals surface area contributed by atoms with Crippen LogP contribution in [0.5, 0.6) is 0 Å². The molecule has 2 amide bonds. The quantitative estimate of drug-likeness (QED) is 0.696. The topological polar surface area (TPSA) is 89.3 Å². The first-order valence-electron chi connectivity index (χ1n) is 7.96. The zero-order valence-electron chi connectivity index (χ0n) is 13.8. The Labute approximate surface area is 150 Å². The van der Waals surface area contributed by atoms with Crippen LogP contribution in [0.4, 0.5) is 5.69 Å². The van der Waals surface area contributed by atoms with E-state index in [1.54, 1.807) is 60.7 Å². The Morgan fingerprint density at radius 1 is 0.654 bits per heavy atom. The van der Waals surface area contributed by atoms with Crippen molar-refractivity contribution < 1.29 is 14.4 Å². The van der Waals surface area contributed by atoms with Crippen LogP contribution in [0.1, 0.15) is 36.6 Å². The van der Waals surface area contributed by atoms with Crippen molar-refractivity contribution in [2.45, 2.75) is 0 Å². The maximum Gasteiger partial charge on any atom is 0.256 e. The van der Waals surface area contributed by atoms with Crippen LogP contribution >= 0.6 is 0 Å². The number of benzene rings is 3. The zero-order chi connectivity index (χ0) is 18.5. The predicted octanol–water partition coefficient (Wildman–Crippen LogP) is 3.27. The third kappa shape index (κ3) is 3.67. The Morgan fingerprint density at radius 3 is 1.85 bits per heavy atom. The van der Waals surface area contributed by atoms with Gasteiger partial charge in [-0.15, -0.1) is 0 Å². The largest absolute Gasteiger partial charge is 0.366 e. The number of nitrogens with two attached hydrogens (primary N) is 1. The van der Waals surface area contributed by atoms with Crippen molar-refractivity contribution >= 4 is 23.3 Å². The number of hydrogen-bond donors (Lipinski definition) is 2. The normalized spacial score (nSPS) is 10.2. The Bertz CT molecular complexity index is 964. The molecule has 0 saturated carbocycles. The molecule has 0 radical (unpaired) electrons. The van der Waals surface area contributed by atoms with Crippen molar-refractivity contribution in [2.75, 3.05) is 5.32 Å². The molecule has 0 aliphatic rings. The van der Waals surface area contributed by atoms with Gasteiger partial charge in [0.1, 0.15) is 0 Å². The van der Waals surface area contributed by atoms with Crippen LogP contribution in [0.3, 0.4) is 0 Å². The number of hydrogen-bond acceptors (Lipinski definition) is 3. The minimum atomic E-state index is -0.540. The molecule has 0 fully saturated rings. The average molecular weight is 344 g/mol. The van der Waals surface area contributed by atoms with E-state index in [9.17, 15) is 14.4 Å². The number of carbonyl (C=O) groups is 3. The van der Waals surface area contributed by atoms with Gasteiger partial charge >= 0.3 is 0 Å². The molecule has 3 aromatic rings. The van der Waals surface area contributed by atoms with Gasteiger partial charge in [-0.05, 0) is 30.3 Å². The number of ketones is 1. The van der Waals surface area contributed by atoms with Gasteiger partial charge in [0, 0.05) is 22.4 Å². The summed E-state index contributed by atoms with van der Waals surface area (Å²) < 4.78 is 0. The molecule has 3 rings (SSSR count). The van der Waals surface area contributed by atoms with Crippen LogP contribution in [0.25, 0.3) is 0 Å². The van der Waals surface area contributed by atoms with Crippen molar-refractivity contribution in [2.24, 2.45) is 5.73 Å². The summed E-state index contributed by atoms with van der Waals surface area (Å²) >= 11 is 0. The molecule has 0 aliphatic carbocycles. The number of primary amides is 1. The van der Waals surface area contributed by atoms with Crippen molar-refractivity contribution in [3.05, 3.63) is 101 Å². The van der Waals surface area contributed by atoms with Gasteiger partial charge < -0.3 is 11.1 Å². The Morgan fingerprint density at radius 2 is 1.23 bits per heavy atom. The van der Waals surface area contributed by atoms with Crippen LogP contribution < -0.4 is 11.1 Å². The van der Waals surface area contributed by atoms with E-state index in [0.717, 1.165) is 0 Å².